The summed E-state index contributed by atoms with van der Waals surface area (Å²) in [6.45, 7) is 8.95. The second-order valence-electron chi connectivity index (χ2n) is 12.7. The predicted octanol–water partition coefficient (Wildman–Crippen LogP) is 6.18. The number of fused-ring (bicyclic) bond motifs is 1. The van der Waals surface area contributed by atoms with Crippen molar-refractivity contribution in [2.45, 2.75) is 82.9 Å². The van der Waals surface area contributed by atoms with Gasteiger partial charge >= 0.3 is 5.97 Å². The van der Waals surface area contributed by atoms with E-state index in [1.54, 1.807) is 12.1 Å². The Morgan fingerprint density at radius 3 is 2.34 bits per heavy atom. The number of carbonyl (C=O) groups is 1. The molecule has 2 fully saturated rings. The van der Waals surface area contributed by atoms with Gasteiger partial charge in [0.05, 0.1) is 22.3 Å². The molecule has 0 aliphatic heterocycles. The van der Waals surface area contributed by atoms with Crippen LogP contribution in [0.5, 0.6) is 5.88 Å². The zero-order chi connectivity index (χ0) is 31.4. The fraction of sp³-hybridized carbons (Fsp3) is 0.500. The van der Waals surface area contributed by atoms with Gasteiger partial charge in [-0.2, -0.15) is 4.98 Å². The Morgan fingerprint density at radius 2 is 1.70 bits per heavy atom. The monoisotopic (exact) mass is 620 g/mol. The zero-order valence-corrected chi connectivity index (χ0v) is 27.0. The van der Waals surface area contributed by atoms with E-state index in [-0.39, 0.29) is 17.6 Å². The average Bonchev–Trinajstić information content (AvgIpc) is 3.54. The van der Waals surface area contributed by atoms with Crippen molar-refractivity contribution < 1.29 is 23.6 Å². The lowest BCUT2D eigenvalue weighted by Gasteiger charge is -2.25. The molecule has 0 bridgehead atoms. The normalized spacial score (nSPS) is 22.5. The third kappa shape index (κ3) is 7.83. The quantitative estimate of drug-likeness (QED) is 0.207. The van der Waals surface area contributed by atoms with Gasteiger partial charge in [0.15, 0.2) is 11.0 Å². The molecular weight excluding hydrogens is 576 g/mol. The predicted molar refractivity (Wildman–Crippen MR) is 172 cm³/mol. The molecule has 236 valence electrons. The number of carboxylic acid groups (broad SMARTS) is 1. The Kier molecular flexibility index (Phi) is 10.3. The summed E-state index contributed by atoms with van der Waals surface area (Å²) < 4.78 is 28.1. The van der Waals surface area contributed by atoms with Gasteiger partial charge in [0.1, 0.15) is 6.61 Å². The van der Waals surface area contributed by atoms with Crippen molar-refractivity contribution in [3.63, 3.8) is 0 Å². The summed E-state index contributed by atoms with van der Waals surface area (Å²) >= 11 is 0. The van der Waals surface area contributed by atoms with Crippen LogP contribution in [0.3, 0.4) is 0 Å². The minimum absolute atomic E-state index is 0.0555. The second-order valence-corrected chi connectivity index (χ2v) is 13.9. The van der Waals surface area contributed by atoms with Gasteiger partial charge in [0.25, 0.3) is 0 Å². The number of benzene rings is 2. The molecule has 4 unspecified atom stereocenters. The molecule has 44 heavy (non-hydrogen) atoms. The lowest BCUT2D eigenvalue weighted by Crippen LogP contribution is -2.42. The number of anilines is 1. The average molecular weight is 621 g/mol. The van der Waals surface area contributed by atoms with E-state index in [0.29, 0.717) is 41.1 Å². The Bertz CT molecular complexity index is 1460. The van der Waals surface area contributed by atoms with Crippen LogP contribution >= 0.6 is 0 Å². The van der Waals surface area contributed by atoms with Crippen LogP contribution in [0.1, 0.15) is 67.4 Å². The summed E-state index contributed by atoms with van der Waals surface area (Å²) in [5.41, 5.74) is 3.79. The van der Waals surface area contributed by atoms with Crippen molar-refractivity contribution >= 4 is 22.9 Å². The highest BCUT2D eigenvalue weighted by Crippen LogP contribution is 2.45. The molecule has 10 heteroatoms. The van der Waals surface area contributed by atoms with Crippen LogP contribution in [-0.2, 0) is 15.7 Å². The van der Waals surface area contributed by atoms with Crippen LogP contribution in [0, 0.1) is 31.6 Å². The molecule has 0 saturated heterocycles. The number of rotatable bonds is 13. The van der Waals surface area contributed by atoms with E-state index < -0.39 is 17.0 Å². The van der Waals surface area contributed by atoms with Crippen LogP contribution in [0.4, 0.5) is 5.95 Å². The first-order chi connectivity index (χ1) is 21.1. The summed E-state index contributed by atoms with van der Waals surface area (Å²) in [6.07, 6.45) is 6.03. The number of ether oxygens (including phenoxy) is 2. The molecule has 9 nitrogen and oxygen atoms in total. The van der Waals surface area contributed by atoms with Crippen molar-refractivity contribution in [3.05, 3.63) is 65.2 Å². The fourth-order valence-corrected chi connectivity index (χ4v) is 7.75. The van der Waals surface area contributed by atoms with Crippen LogP contribution in [-0.4, -0.2) is 57.2 Å². The number of hydrogen-bond donors (Lipinski definition) is 3. The van der Waals surface area contributed by atoms with E-state index >= 15 is 0 Å². The molecule has 2 saturated carbocycles. The molecule has 2 aliphatic carbocycles. The van der Waals surface area contributed by atoms with E-state index in [9.17, 15) is 14.1 Å². The summed E-state index contributed by atoms with van der Waals surface area (Å²) in [7, 11) is 0.0356. The first-order valence-electron chi connectivity index (χ1n) is 15.5. The van der Waals surface area contributed by atoms with E-state index in [1.807, 2.05) is 45.2 Å². The SMILES string of the molecule is COC1C[C@H]2CC(NC(COc3cc(-c4c(C)cccc4C)nc(NS(=O)c4cccc(C(=O)O)c4)n3)CC(C)C)C[C@H]2C1. The van der Waals surface area contributed by atoms with Gasteiger partial charge in [-0.15, -0.1) is 0 Å². The lowest BCUT2D eigenvalue weighted by molar-refractivity contribution is 0.0696. The van der Waals surface area contributed by atoms with Crippen molar-refractivity contribution in [1.29, 1.82) is 0 Å². The van der Waals surface area contributed by atoms with Crippen molar-refractivity contribution in [3.8, 4) is 17.1 Å². The Hall–Kier alpha value is -3.34. The van der Waals surface area contributed by atoms with Gasteiger partial charge in [-0.3, -0.25) is 4.72 Å². The molecule has 2 aliphatic rings. The molecule has 1 aromatic heterocycles. The van der Waals surface area contributed by atoms with Gasteiger partial charge in [0, 0.05) is 30.8 Å². The van der Waals surface area contributed by atoms with E-state index in [1.165, 1.54) is 25.0 Å². The van der Waals surface area contributed by atoms with E-state index in [4.69, 9.17) is 14.5 Å². The Balaban J connectivity index is 1.36. The Morgan fingerprint density at radius 1 is 1.02 bits per heavy atom. The van der Waals surface area contributed by atoms with Gasteiger partial charge < -0.3 is 19.9 Å². The smallest absolute Gasteiger partial charge is 0.335 e. The van der Waals surface area contributed by atoms with Crippen LogP contribution < -0.4 is 14.8 Å². The number of aryl methyl sites for hydroxylation is 2. The van der Waals surface area contributed by atoms with Crippen LogP contribution in [0.15, 0.2) is 53.4 Å². The largest absolute Gasteiger partial charge is 0.478 e. The summed E-state index contributed by atoms with van der Waals surface area (Å²) in [5, 5.41) is 13.3. The lowest BCUT2D eigenvalue weighted by atomic mass is 10.00. The maximum Gasteiger partial charge on any atom is 0.335 e. The number of aromatic carboxylic acids is 1. The number of carboxylic acids is 1. The standard InChI is InChI=1S/C34H44N4O5S/c1-20(2)12-27(35-26-13-24-15-28(42-5)16-25(24)14-26)19-43-31-18-30(32-21(3)8-6-9-22(32)4)36-34(37-31)38-44(41)29-11-7-10-23(17-29)33(39)40/h6-11,17-18,20,24-28,35H,12-16,19H2,1-5H3,(H,39,40)(H,36,37,38)/t24-,25+,26?,27?,28?,44?. The first-order valence-corrected chi connectivity index (χ1v) is 16.6. The molecule has 3 aromatic rings. The van der Waals surface area contributed by atoms with E-state index in [0.717, 1.165) is 47.8 Å². The van der Waals surface area contributed by atoms with Crippen molar-refractivity contribution in [2.24, 2.45) is 17.8 Å². The van der Waals surface area contributed by atoms with Crippen LogP contribution in [0.2, 0.25) is 0 Å². The highest BCUT2D eigenvalue weighted by atomic mass is 32.2. The number of methoxy groups -OCH3 is 1. The zero-order valence-electron chi connectivity index (χ0n) is 26.2. The molecule has 2 aromatic carbocycles. The summed E-state index contributed by atoms with van der Waals surface area (Å²) in [6, 6.07) is 14.5. The maximum atomic E-state index is 13.3. The van der Waals surface area contributed by atoms with Gasteiger partial charge in [-0.25, -0.2) is 14.0 Å². The number of nitrogens with zero attached hydrogens (tertiary/aromatic N) is 2. The Labute approximate surface area is 262 Å². The van der Waals surface area contributed by atoms with Crippen LogP contribution in [0.25, 0.3) is 11.3 Å². The fourth-order valence-electron chi connectivity index (χ4n) is 6.94. The maximum absolute atomic E-state index is 13.3. The van der Waals surface area contributed by atoms with Gasteiger partial charge in [0.2, 0.25) is 11.8 Å². The molecule has 3 N–H and O–H groups in total. The molecule has 6 atom stereocenters. The molecular formula is C34H44N4O5S. The molecule has 5 rings (SSSR count). The summed E-state index contributed by atoms with van der Waals surface area (Å²) in [4.78, 5) is 21.1. The molecule has 1 heterocycles. The second kappa shape index (κ2) is 14.2. The summed E-state index contributed by atoms with van der Waals surface area (Å²) in [5.74, 6) is 1.39. The van der Waals surface area contributed by atoms with Crippen molar-refractivity contribution in [2.75, 3.05) is 18.4 Å². The van der Waals surface area contributed by atoms with E-state index in [2.05, 4.69) is 28.9 Å². The molecule has 0 amide bonds. The van der Waals surface area contributed by atoms with Gasteiger partial charge in [-0.1, -0.05) is 38.1 Å². The number of nitrogens with one attached hydrogen (secondary N) is 2. The highest BCUT2D eigenvalue weighted by molar-refractivity contribution is 7.86. The minimum Gasteiger partial charge on any atom is -0.478 e. The van der Waals surface area contributed by atoms with Crippen molar-refractivity contribution in [1.82, 2.24) is 15.3 Å². The molecule has 0 spiro atoms. The minimum atomic E-state index is -1.79. The third-order valence-corrected chi connectivity index (χ3v) is 9.93. The highest BCUT2D eigenvalue weighted by Gasteiger charge is 2.42. The number of hydrogen-bond acceptors (Lipinski definition) is 7. The molecule has 0 radical (unpaired) electrons. The number of aromatic nitrogens is 2. The third-order valence-electron chi connectivity index (χ3n) is 8.88. The van der Waals surface area contributed by atoms with Gasteiger partial charge in [-0.05, 0) is 93.0 Å². The first kappa shape index (κ1) is 32.1. The topological polar surface area (TPSA) is 123 Å².